The highest BCUT2D eigenvalue weighted by atomic mass is 16.3. The van der Waals surface area contributed by atoms with E-state index in [1.165, 1.54) is 0 Å². The number of hydrogen-bond donors (Lipinski definition) is 2. The summed E-state index contributed by atoms with van der Waals surface area (Å²) in [6.07, 6.45) is 2.92. The van der Waals surface area contributed by atoms with Gasteiger partial charge in [0.2, 0.25) is 0 Å². The SMILES string of the molecule is C[C@]1(O)C[C@@H](n2nc(-c3ccc4cnc(-c5ccccc5)nc4c3)c(C#N)c2N)C1. The van der Waals surface area contributed by atoms with Crippen LogP contribution in [0, 0.1) is 11.3 Å². The summed E-state index contributed by atoms with van der Waals surface area (Å²) in [5.41, 5.74) is 8.88. The van der Waals surface area contributed by atoms with Crippen LogP contribution in [0.25, 0.3) is 33.5 Å². The Hall–Kier alpha value is -3.76. The second kappa shape index (κ2) is 6.65. The smallest absolute Gasteiger partial charge is 0.159 e. The van der Waals surface area contributed by atoms with E-state index in [0.29, 0.717) is 35.7 Å². The van der Waals surface area contributed by atoms with Crippen molar-refractivity contribution < 1.29 is 5.11 Å². The summed E-state index contributed by atoms with van der Waals surface area (Å²) in [6.45, 7) is 1.79. The van der Waals surface area contributed by atoms with Gasteiger partial charge in [-0.1, -0.05) is 42.5 Å². The van der Waals surface area contributed by atoms with Crippen LogP contribution >= 0.6 is 0 Å². The van der Waals surface area contributed by atoms with Crippen molar-refractivity contribution in [2.75, 3.05) is 5.73 Å². The molecule has 1 aliphatic carbocycles. The minimum absolute atomic E-state index is 0.00619. The molecule has 7 heteroatoms. The van der Waals surface area contributed by atoms with Crippen LogP contribution < -0.4 is 5.73 Å². The predicted octanol–water partition coefficient (Wildman–Crippen LogP) is 3.70. The highest BCUT2D eigenvalue weighted by Crippen LogP contribution is 2.43. The monoisotopic (exact) mass is 396 g/mol. The van der Waals surface area contributed by atoms with Gasteiger partial charge in [0, 0.05) is 22.7 Å². The first-order valence-electron chi connectivity index (χ1n) is 9.78. The fourth-order valence-corrected chi connectivity index (χ4v) is 4.06. The van der Waals surface area contributed by atoms with Gasteiger partial charge in [-0.05, 0) is 25.8 Å². The first kappa shape index (κ1) is 18.3. The van der Waals surface area contributed by atoms with E-state index in [9.17, 15) is 10.4 Å². The molecule has 1 aliphatic rings. The number of rotatable bonds is 3. The summed E-state index contributed by atoms with van der Waals surface area (Å²) in [4.78, 5) is 9.17. The van der Waals surface area contributed by atoms with E-state index in [4.69, 9.17) is 10.7 Å². The standard InChI is InChI=1S/C23H20N6O/c1-23(30)10-17(11-23)29-21(25)18(12-24)20(28-29)15-7-8-16-13-26-22(27-19(16)9-15)14-5-3-2-4-6-14/h2-9,13,17,30H,10-11,25H2,1H3/t17-,23+. The summed E-state index contributed by atoms with van der Waals surface area (Å²) in [5, 5.41) is 25.3. The van der Waals surface area contributed by atoms with Gasteiger partial charge in [-0.2, -0.15) is 10.4 Å². The van der Waals surface area contributed by atoms with Crippen LogP contribution in [0.5, 0.6) is 0 Å². The number of fused-ring (bicyclic) bond motifs is 1. The minimum atomic E-state index is -0.705. The zero-order chi connectivity index (χ0) is 20.9. The molecule has 2 aromatic heterocycles. The molecule has 0 spiro atoms. The van der Waals surface area contributed by atoms with Crippen molar-refractivity contribution in [1.29, 1.82) is 5.26 Å². The van der Waals surface area contributed by atoms with Gasteiger partial charge in [0.15, 0.2) is 5.82 Å². The first-order chi connectivity index (χ1) is 14.4. The number of aromatic nitrogens is 4. The second-order valence-electron chi connectivity index (χ2n) is 8.06. The molecule has 4 aromatic rings. The van der Waals surface area contributed by atoms with Gasteiger partial charge in [0.1, 0.15) is 23.1 Å². The molecule has 0 radical (unpaired) electrons. The number of anilines is 1. The van der Waals surface area contributed by atoms with Crippen molar-refractivity contribution in [3.05, 3.63) is 60.3 Å². The molecule has 2 aromatic carbocycles. The van der Waals surface area contributed by atoms with Gasteiger partial charge in [-0.3, -0.25) is 0 Å². The highest BCUT2D eigenvalue weighted by molar-refractivity contribution is 5.86. The number of hydrogen-bond acceptors (Lipinski definition) is 6. The van der Waals surface area contributed by atoms with Crippen LogP contribution in [0.15, 0.2) is 54.7 Å². The van der Waals surface area contributed by atoms with Crippen molar-refractivity contribution in [2.45, 2.75) is 31.4 Å². The average molecular weight is 396 g/mol. The number of benzene rings is 2. The Morgan fingerprint density at radius 1 is 1.17 bits per heavy atom. The van der Waals surface area contributed by atoms with Gasteiger partial charge in [-0.15, -0.1) is 0 Å². The topological polar surface area (TPSA) is 114 Å². The molecule has 3 N–H and O–H groups in total. The van der Waals surface area contributed by atoms with Crippen molar-refractivity contribution >= 4 is 16.7 Å². The lowest BCUT2D eigenvalue weighted by atomic mass is 9.77. The van der Waals surface area contributed by atoms with Gasteiger partial charge in [0.25, 0.3) is 0 Å². The Balaban J connectivity index is 1.58. The maximum Gasteiger partial charge on any atom is 0.159 e. The molecule has 0 saturated heterocycles. The number of nitrogens with two attached hydrogens (primary N) is 1. The number of nitrogens with zero attached hydrogens (tertiary/aromatic N) is 5. The van der Waals surface area contributed by atoms with Gasteiger partial charge < -0.3 is 10.8 Å². The fraction of sp³-hybridized carbons (Fsp3) is 0.217. The van der Waals surface area contributed by atoms with Crippen molar-refractivity contribution in [3.63, 3.8) is 0 Å². The minimum Gasteiger partial charge on any atom is -0.390 e. The highest BCUT2D eigenvalue weighted by Gasteiger charge is 2.41. The fourth-order valence-electron chi connectivity index (χ4n) is 4.06. The van der Waals surface area contributed by atoms with E-state index in [0.717, 1.165) is 22.0 Å². The molecule has 7 nitrogen and oxygen atoms in total. The van der Waals surface area contributed by atoms with Gasteiger partial charge >= 0.3 is 0 Å². The molecular formula is C23H20N6O. The Morgan fingerprint density at radius 2 is 1.93 bits per heavy atom. The molecule has 148 valence electrons. The Labute approximate surface area is 173 Å². The summed E-state index contributed by atoms with van der Waals surface area (Å²) in [6, 6.07) is 17.7. The molecular weight excluding hydrogens is 376 g/mol. The third-order valence-electron chi connectivity index (χ3n) is 5.64. The third-order valence-corrected chi connectivity index (χ3v) is 5.64. The van der Waals surface area contributed by atoms with E-state index in [2.05, 4.69) is 16.2 Å². The molecule has 0 atom stereocenters. The van der Waals surface area contributed by atoms with E-state index in [1.54, 1.807) is 17.8 Å². The molecule has 0 amide bonds. The van der Waals surface area contributed by atoms with E-state index in [-0.39, 0.29) is 6.04 Å². The molecule has 30 heavy (non-hydrogen) atoms. The first-order valence-corrected chi connectivity index (χ1v) is 9.78. The summed E-state index contributed by atoms with van der Waals surface area (Å²) < 4.78 is 1.67. The molecule has 5 rings (SSSR count). The van der Waals surface area contributed by atoms with Crippen molar-refractivity contribution in [3.8, 4) is 28.7 Å². The largest absolute Gasteiger partial charge is 0.390 e. The predicted molar refractivity (Wildman–Crippen MR) is 114 cm³/mol. The lowest BCUT2D eigenvalue weighted by molar-refractivity contribution is -0.0535. The molecule has 0 bridgehead atoms. The summed E-state index contributed by atoms with van der Waals surface area (Å²) in [5.74, 6) is 0.975. The normalized spacial score (nSPS) is 20.6. The molecule has 1 saturated carbocycles. The van der Waals surface area contributed by atoms with E-state index >= 15 is 0 Å². The number of nitriles is 1. The third kappa shape index (κ3) is 2.98. The Kier molecular flexibility index (Phi) is 4.05. The van der Waals surface area contributed by atoms with Crippen LogP contribution in [-0.4, -0.2) is 30.5 Å². The maximum absolute atomic E-state index is 10.1. The molecule has 0 unspecified atom stereocenters. The van der Waals surface area contributed by atoms with Crippen LogP contribution in [0.1, 0.15) is 31.4 Å². The van der Waals surface area contributed by atoms with Crippen molar-refractivity contribution in [2.24, 2.45) is 0 Å². The van der Waals surface area contributed by atoms with Crippen LogP contribution in [-0.2, 0) is 0 Å². The Morgan fingerprint density at radius 3 is 2.63 bits per heavy atom. The average Bonchev–Trinajstić information content (AvgIpc) is 3.07. The second-order valence-corrected chi connectivity index (χ2v) is 8.06. The van der Waals surface area contributed by atoms with Gasteiger partial charge in [0.05, 0.1) is 17.2 Å². The van der Waals surface area contributed by atoms with E-state index < -0.39 is 5.60 Å². The summed E-state index contributed by atoms with van der Waals surface area (Å²) in [7, 11) is 0. The molecule has 1 fully saturated rings. The maximum atomic E-state index is 10.1. The summed E-state index contributed by atoms with van der Waals surface area (Å²) >= 11 is 0. The lowest BCUT2D eigenvalue weighted by Gasteiger charge is -2.41. The quantitative estimate of drug-likeness (QED) is 0.546. The Bertz CT molecular complexity index is 1290. The molecule has 2 heterocycles. The van der Waals surface area contributed by atoms with Crippen LogP contribution in [0.2, 0.25) is 0 Å². The van der Waals surface area contributed by atoms with Crippen molar-refractivity contribution in [1.82, 2.24) is 19.7 Å². The number of aliphatic hydroxyl groups is 1. The van der Waals surface area contributed by atoms with Crippen LogP contribution in [0.4, 0.5) is 5.82 Å². The zero-order valence-corrected chi connectivity index (χ0v) is 16.4. The van der Waals surface area contributed by atoms with Gasteiger partial charge in [-0.25, -0.2) is 14.6 Å². The lowest BCUT2D eigenvalue weighted by Crippen LogP contribution is -2.42. The number of nitrogen functional groups attached to an aromatic ring is 1. The van der Waals surface area contributed by atoms with Crippen LogP contribution in [0.3, 0.4) is 0 Å². The zero-order valence-electron chi connectivity index (χ0n) is 16.4. The molecule has 0 aliphatic heterocycles. The van der Waals surface area contributed by atoms with E-state index in [1.807, 2.05) is 48.5 Å².